The van der Waals surface area contributed by atoms with Gasteiger partial charge in [0.15, 0.2) is 16.6 Å². The number of aryl methyl sites for hydroxylation is 1. The van der Waals surface area contributed by atoms with Crippen LogP contribution in [0.5, 0.6) is 11.5 Å². The third-order valence-corrected chi connectivity index (χ3v) is 6.63. The fourth-order valence-electron chi connectivity index (χ4n) is 3.93. The van der Waals surface area contributed by atoms with Crippen molar-refractivity contribution in [3.8, 4) is 11.5 Å². The first kappa shape index (κ1) is 19.7. The first-order valence-corrected chi connectivity index (χ1v) is 10.6. The number of nitrogens with one attached hydrogen (secondary N) is 1. The van der Waals surface area contributed by atoms with Gasteiger partial charge in [-0.2, -0.15) is 0 Å². The second-order valence-electron chi connectivity index (χ2n) is 7.67. The molecule has 2 atom stereocenters. The van der Waals surface area contributed by atoms with E-state index in [1.807, 2.05) is 0 Å². The third kappa shape index (κ3) is 3.94. The van der Waals surface area contributed by atoms with Crippen LogP contribution in [0.2, 0.25) is 0 Å². The molecule has 4 rings (SSSR count). The second-order valence-corrected chi connectivity index (χ2v) is 8.75. The molecule has 2 aromatic rings. The van der Waals surface area contributed by atoms with Crippen LogP contribution >= 0.6 is 11.3 Å². The molecule has 1 aliphatic heterocycles. The monoisotopic (exact) mass is 415 g/mol. The summed E-state index contributed by atoms with van der Waals surface area (Å²) in [6.45, 7) is 2.58. The molecule has 0 spiro atoms. The van der Waals surface area contributed by atoms with Gasteiger partial charge in [-0.25, -0.2) is 4.98 Å². The van der Waals surface area contributed by atoms with Crippen molar-refractivity contribution in [2.75, 3.05) is 31.0 Å². The van der Waals surface area contributed by atoms with E-state index in [0.29, 0.717) is 34.8 Å². The van der Waals surface area contributed by atoms with E-state index < -0.39 is 5.92 Å². The SMILES string of the molecule is COc1ccc(N2C[C@@H](C(=O)Nc3nc4c(s3)C[C@@H](C)CC4)CC2=O)cc1OC. The summed E-state index contributed by atoms with van der Waals surface area (Å²) in [6.07, 6.45) is 3.32. The molecule has 1 fully saturated rings. The number of carbonyl (C=O) groups is 2. The number of amides is 2. The molecule has 1 N–H and O–H groups in total. The normalized spacial score (nSPS) is 21.1. The number of hydrogen-bond acceptors (Lipinski definition) is 6. The van der Waals surface area contributed by atoms with Crippen LogP contribution < -0.4 is 19.7 Å². The molecule has 0 radical (unpaired) electrons. The summed E-state index contributed by atoms with van der Waals surface area (Å²) in [7, 11) is 3.12. The van der Waals surface area contributed by atoms with E-state index in [2.05, 4.69) is 17.2 Å². The zero-order valence-electron chi connectivity index (χ0n) is 16.9. The zero-order chi connectivity index (χ0) is 20.5. The number of hydrogen-bond donors (Lipinski definition) is 1. The van der Waals surface area contributed by atoms with Gasteiger partial charge in [0, 0.05) is 29.6 Å². The van der Waals surface area contributed by atoms with Crippen LogP contribution in [0.1, 0.15) is 30.3 Å². The van der Waals surface area contributed by atoms with Gasteiger partial charge in [0.05, 0.1) is 25.8 Å². The molecule has 1 aliphatic carbocycles. The highest BCUT2D eigenvalue weighted by Gasteiger charge is 2.36. The maximum atomic E-state index is 12.8. The molecule has 2 amide bonds. The fourth-order valence-corrected chi connectivity index (χ4v) is 5.10. The minimum Gasteiger partial charge on any atom is -0.493 e. The molecule has 0 saturated carbocycles. The van der Waals surface area contributed by atoms with Crippen molar-refractivity contribution >= 4 is 34.0 Å². The number of carbonyl (C=O) groups excluding carboxylic acids is 2. The number of ether oxygens (including phenoxy) is 2. The van der Waals surface area contributed by atoms with E-state index in [1.54, 1.807) is 48.7 Å². The average Bonchev–Trinajstić information content (AvgIpc) is 3.29. The Labute approximate surface area is 174 Å². The summed E-state index contributed by atoms with van der Waals surface area (Å²) in [6, 6.07) is 5.32. The maximum Gasteiger partial charge on any atom is 0.231 e. The largest absolute Gasteiger partial charge is 0.493 e. The summed E-state index contributed by atoms with van der Waals surface area (Å²) < 4.78 is 10.6. The second kappa shape index (κ2) is 8.02. The topological polar surface area (TPSA) is 80.8 Å². The number of rotatable bonds is 5. The van der Waals surface area contributed by atoms with Crippen molar-refractivity contribution in [1.82, 2.24) is 4.98 Å². The molecule has 2 heterocycles. The maximum absolute atomic E-state index is 12.8. The summed E-state index contributed by atoms with van der Waals surface area (Å²) in [5.41, 5.74) is 1.81. The number of benzene rings is 1. The van der Waals surface area contributed by atoms with Crippen LogP contribution in [0.4, 0.5) is 10.8 Å². The van der Waals surface area contributed by atoms with E-state index in [0.717, 1.165) is 25.0 Å². The van der Waals surface area contributed by atoms with Gasteiger partial charge >= 0.3 is 0 Å². The van der Waals surface area contributed by atoms with Crippen LogP contribution in [-0.4, -0.2) is 37.6 Å². The van der Waals surface area contributed by atoms with Gasteiger partial charge in [-0.05, 0) is 37.3 Å². The predicted molar refractivity (Wildman–Crippen MR) is 112 cm³/mol. The molecule has 1 aromatic carbocycles. The van der Waals surface area contributed by atoms with Crippen LogP contribution in [-0.2, 0) is 22.4 Å². The summed E-state index contributed by atoms with van der Waals surface area (Å²) >= 11 is 1.56. The Bertz CT molecular complexity index is 942. The highest BCUT2D eigenvalue weighted by molar-refractivity contribution is 7.15. The molecule has 1 aromatic heterocycles. The predicted octanol–water partition coefficient (Wildman–Crippen LogP) is 3.28. The first-order chi connectivity index (χ1) is 14.0. The lowest BCUT2D eigenvalue weighted by molar-refractivity contribution is -0.122. The molecule has 0 bridgehead atoms. The van der Waals surface area contributed by atoms with E-state index in [4.69, 9.17) is 9.47 Å². The summed E-state index contributed by atoms with van der Waals surface area (Å²) in [4.78, 5) is 32.8. The minimum absolute atomic E-state index is 0.0790. The standard InChI is InChI=1S/C21H25N3O4S/c1-12-4-6-15-18(8-12)29-21(22-15)23-20(26)13-9-19(25)24(11-13)14-5-7-16(27-2)17(10-14)28-3/h5,7,10,12-13H,4,6,8-9,11H2,1-3H3,(H,22,23,26)/t12-,13-/m0/s1. The number of methoxy groups -OCH3 is 2. The van der Waals surface area contributed by atoms with Crippen molar-refractivity contribution in [3.63, 3.8) is 0 Å². The van der Waals surface area contributed by atoms with Crippen molar-refractivity contribution in [2.45, 2.75) is 32.6 Å². The summed E-state index contributed by atoms with van der Waals surface area (Å²) in [5, 5.41) is 3.58. The van der Waals surface area contributed by atoms with Gasteiger partial charge in [0.25, 0.3) is 0 Å². The lowest BCUT2D eigenvalue weighted by atomic mass is 9.93. The first-order valence-electron chi connectivity index (χ1n) is 9.80. The average molecular weight is 416 g/mol. The number of thiazole rings is 1. The molecule has 0 unspecified atom stereocenters. The number of nitrogens with zero attached hydrogens (tertiary/aromatic N) is 2. The molecular weight excluding hydrogens is 390 g/mol. The Morgan fingerprint density at radius 2 is 2.03 bits per heavy atom. The Hall–Kier alpha value is -2.61. The summed E-state index contributed by atoms with van der Waals surface area (Å²) in [5.74, 6) is 1.17. The van der Waals surface area contributed by atoms with Crippen LogP contribution in [0.25, 0.3) is 0 Å². The Morgan fingerprint density at radius 3 is 2.79 bits per heavy atom. The van der Waals surface area contributed by atoms with Gasteiger partial charge in [-0.15, -0.1) is 11.3 Å². The molecular formula is C21H25N3O4S. The Kier molecular flexibility index (Phi) is 5.45. The minimum atomic E-state index is -0.407. The van der Waals surface area contributed by atoms with E-state index in [1.165, 1.54) is 4.88 Å². The van der Waals surface area contributed by atoms with Crippen molar-refractivity contribution in [1.29, 1.82) is 0 Å². The number of aromatic nitrogens is 1. The van der Waals surface area contributed by atoms with Crippen LogP contribution in [0.15, 0.2) is 18.2 Å². The molecule has 1 saturated heterocycles. The highest BCUT2D eigenvalue weighted by Crippen LogP contribution is 2.35. The molecule has 2 aliphatic rings. The van der Waals surface area contributed by atoms with Gasteiger partial charge in [-0.3, -0.25) is 9.59 Å². The lowest BCUT2D eigenvalue weighted by Gasteiger charge is -2.18. The van der Waals surface area contributed by atoms with Crippen molar-refractivity contribution < 1.29 is 19.1 Å². The quantitative estimate of drug-likeness (QED) is 0.811. The van der Waals surface area contributed by atoms with Gasteiger partial charge in [0.1, 0.15) is 0 Å². The number of fused-ring (bicyclic) bond motifs is 1. The molecule has 7 nitrogen and oxygen atoms in total. The Morgan fingerprint density at radius 1 is 1.24 bits per heavy atom. The van der Waals surface area contributed by atoms with Crippen molar-refractivity contribution in [2.24, 2.45) is 11.8 Å². The van der Waals surface area contributed by atoms with Gasteiger partial charge in [0.2, 0.25) is 11.8 Å². The van der Waals surface area contributed by atoms with Gasteiger partial charge in [-0.1, -0.05) is 6.92 Å². The fraction of sp³-hybridized carbons (Fsp3) is 0.476. The van der Waals surface area contributed by atoms with Gasteiger partial charge < -0.3 is 19.7 Å². The van der Waals surface area contributed by atoms with E-state index >= 15 is 0 Å². The zero-order valence-corrected chi connectivity index (χ0v) is 17.7. The van der Waals surface area contributed by atoms with Crippen LogP contribution in [0.3, 0.4) is 0 Å². The Balaban J connectivity index is 1.44. The molecule has 8 heteroatoms. The van der Waals surface area contributed by atoms with E-state index in [9.17, 15) is 9.59 Å². The van der Waals surface area contributed by atoms with Crippen molar-refractivity contribution in [3.05, 3.63) is 28.8 Å². The lowest BCUT2D eigenvalue weighted by Crippen LogP contribution is -2.28. The third-order valence-electron chi connectivity index (χ3n) is 5.59. The smallest absolute Gasteiger partial charge is 0.231 e. The number of anilines is 2. The van der Waals surface area contributed by atoms with E-state index in [-0.39, 0.29) is 18.2 Å². The highest BCUT2D eigenvalue weighted by atomic mass is 32.1. The van der Waals surface area contributed by atoms with Crippen LogP contribution in [0, 0.1) is 11.8 Å². The molecule has 29 heavy (non-hydrogen) atoms. The molecule has 154 valence electrons.